The van der Waals surface area contributed by atoms with Gasteiger partial charge >= 0.3 is 0 Å². The van der Waals surface area contributed by atoms with Crippen molar-refractivity contribution in [2.75, 3.05) is 45.2 Å². The summed E-state index contributed by atoms with van der Waals surface area (Å²) in [5, 5.41) is 9.56. The van der Waals surface area contributed by atoms with Crippen LogP contribution in [0.4, 0.5) is 5.69 Å². The summed E-state index contributed by atoms with van der Waals surface area (Å²) in [6.45, 7) is 5.63. The van der Waals surface area contributed by atoms with E-state index in [1.165, 1.54) is 5.69 Å². The Bertz CT molecular complexity index is 733. The van der Waals surface area contributed by atoms with Crippen LogP contribution in [0.25, 0.3) is 0 Å². The fourth-order valence-electron chi connectivity index (χ4n) is 2.84. The minimum Gasteiger partial charge on any atom is -0.372 e. The summed E-state index contributed by atoms with van der Waals surface area (Å²) in [5.74, 6) is 0. The lowest BCUT2D eigenvalue weighted by Crippen LogP contribution is -2.30. The van der Waals surface area contributed by atoms with Crippen molar-refractivity contribution < 1.29 is 0 Å². The molecular weight excluding hydrogens is 410 g/mol. The molecule has 0 radical (unpaired) electrons. The Balaban J connectivity index is 2.12. The van der Waals surface area contributed by atoms with Crippen molar-refractivity contribution in [2.24, 2.45) is 4.99 Å². The van der Waals surface area contributed by atoms with Gasteiger partial charge in [0.05, 0.1) is 6.34 Å². The van der Waals surface area contributed by atoms with Crippen molar-refractivity contribution in [1.82, 2.24) is 9.80 Å². The summed E-state index contributed by atoms with van der Waals surface area (Å²) in [7, 11) is 3.75. The minimum atomic E-state index is 0.340. The number of aliphatic imine (C=N–C) groups is 1. The highest BCUT2D eigenvalue weighted by Crippen LogP contribution is 2.21. The molecule has 26 heavy (non-hydrogen) atoms. The Labute approximate surface area is 169 Å². The average Bonchev–Trinajstić information content (AvgIpc) is 2.87. The van der Waals surface area contributed by atoms with Crippen LogP contribution in [0.1, 0.15) is 13.3 Å². The Morgan fingerprint density at radius 3 is 2.54 bits per heavy atom. The van der Waals surface area contributed by atoms with Crippen LogP contribution in [-0.4, -0.2) is 61.4 Å². The molecule has 1 aliphatic heterocycles. The van der Waals surface area contributed by atoms with Crippen molar-refractivity contribution in [3.05, 3.63) is 40.0 Å². The molecule has 0 N–H and O–H groups in total. The van der Waals surface area contributed by atoms with E-state index in [4.69, 9.17) is 12.2 Å². The van der Waals surface area contributed by atoms with Gasteiger partial charge in [0, 0.05) is 56.1 Å². The number of hydrogen-bond acceptors (Lipinski definition) is 4. The van der Waals surface area contributed by atoms with Crippen LogP contribution in [-0.2, 0) is 0 Å². The van der Waals surface area contributed by atoms with Crippen molar-refractivity contribution in [1.29, 1.82) is 5.26 Å². The van der Waals surface area contributed by atoms with E-state index in [9.17, 15) is 5.26 Å². The summed E-state index contributed by atoms with van der Waals surface area (Å²) >= 11 is 8.82. The van der Waals surface area contributed by atoms with E-state index >= 15 is 0 Å². The Kier molecular flexibility index (Phi) is 7.61. The van der Waals surface area contributed by atoms with Gasteiger partial charge in [-0.25, -0.2) is 4.99 Å². The molecule has 1 aromatic rings. The number of rotatable bonds is 4. The van der Waals surface area contributed by atoms with Crippen LogP contribution in [0.2, 0.25) is 0 Å². The molecule has 7 heteroatoms. The lowest BCUT2D eigenvalue weighted by molar-refractivity contribution is 0.369. The first kappa shape index (κ1) is 20.4. The van der Waals surface area contributed by atoms with E-state index in [0.717, 1.165) is 42.8 Å². The van der Waals surface area contributed by atoms with Gasteiger partial charge in [-0.15, -0.1) is 0 Å². The Morgan fingerprint density at radius 2 is 1.92 bits per heavy atom. The average molecular weight is 434 g/mol. The van der Waals surface area contributed by atoms with Gasteiger partial charge in [-0.1, -0.05) is 28.1 Å². The molecule has 1 fully saturated rings. The third kappa shape index (κ3) is 5.55. The Morgan fingerprint density at radius 1 is 1.23 bits per heavy atom. The largest absolute Gasteiger partial charge is 0.372 e. The summed E-state index contributed by atoms with van der Waals surface area (Å²) < 4.78 is 1.09. The first-order chi connectivity index (χ1) is 12.4. The minimum absolute atomic E-state index is 0.340. The molecule has 1 saturated heterocycles. The first-order valence-electron chi connectivity index (χ1n) is 8.53. The fourth-order valence-corrected chi connectivity index (χ4v) is 3.34. The van der Waals surface area contributed by atoms with Crippen LogP contribution in [0, 0.1) is 11.3 Å². The number of thiocarbonyl (C=S) groups is 1. The maximum absolute atomic E-state index is 9.56. The highest BCUT2D eigenvalue weighted by molar-refractivity contribution is 9.10. The summed E-state index contributed by atoms with van der Waals surface area (Å²) in [5.41, 5.74) is 2.62. The van der Waals surface area contributed by atoms with E-state index < -0.39 is 0 Å². The molecule has 0 amide bonds. The molecule has 1 aliphatic rings. The summed E-state index contributed by atoms with van der Waals surface area (Å²) in [6, 6.07) is 10.6. The number of allylic oxidation sites excluding steroid dienone is 1. The van der Waals surface area contributed by atoms with E-state index in [2.05, 4.69) is 61.1 Å². The topological polar surface area (TPSA) is 45.9 Å². The molecule has 1 aromatic carbocycles. The predicted molar refractivity (Wildman–Crippen MR) is 116 cm³/mol. The van der Waals surface area contributed by atoms with E-state index in [0.29, 0.717) is 10.6 Å². The van der Waals surface area contributed by atoms with Crippen molar-refractivity contribution in [2.45, 2.75) is 13.3 Å². The van der Waals surface area contributed by atoms with Gasteiger partial charge in [0.25, 0.3) is 0 Å². The van der Waals surface area contributed by atoms with Crippen molar-refractivity contribution >= 4 is 45.2 Å². The third-order valence-corrected chi connectivity index (χ3v) is 5.09. The summed E-state index contributed by atoms with van der Waals surface area (Å²) in [6.07, 6.45) is 2.66. The molecule has 5 nitrogen and oxygen atoms in total. The zero-order valence-corrected chi connectivity index (χ0v) is 17.8. The maximum Gasteiger partial charge on any atom is 0.147 e. The molecular formula is C19H24BrN5S. The van der Waals surface area contributed by atoms with Gasteiger partial charge in [-0.3, -0.25) is 0 Å². The van der Waals surface area contributed by atoms with Crippen LogP contribution in [0.15, 0.2) is 45.0 Å². The molecule has 2 rings (SSSR count). The standard InChI is InChI=1S/C19H24BrN5S/c1-15(18(13-21)19(26)22-14-23(2)3)24-9-4-10-25(12-11-24)17-7-5-16(20)6-8-17/h5-8,14H,4,9-12H2,1-3H3/b18-15-,22-14+. The first-order valence-corrected chi connectivity index (χ1v) is 9.74. The van der Waals surface area contributed by atoms with Crippen molar-refractivity contribution in [3.63, 3.8) is 0 Å². The van der Waals surface area contributed by atoms with E-state index in [1.54, 1.807) is 11.2 Å². The van der Waals surface area contributed by atoms with E-state index in [1.807, 2.05) is 21.0 Å². The zero-order chi connectivity index (χ0) is 19.1. The van der Waals surface area contributed by atoms with Crippen molar-refractivity contribution in [3.8, 4) is 6.07 Å². The van der Waals surface area contributed by atoms with Crippen LogP contribution < -0.4 is 4.90 Å². The molecule has 0 aromatic heterocycles. The number of benzene rings is 1. The van der Waals surface area contributed by atoms with Gasteiger partial charge in [-0.2, -0.15) is 5.26 Å². The molecule has 0 spiro atoms. The molecule has 0 unspecified atom stereocenters. The maximum atomic E-state index is 9.56. The third-order valence-electron chi connectivity index (χ3n) is 4.26. The molecule has 138 valence electrons. The lowest BCUT2D eigenvalue weighted by atomic mass is 10.2. The highest BCUT2D eigenvalue weighted by atomic mass is 79.9. The number of anilines is 1. The van der Waals surface area contributed by atoms with Gasteiger partial charge in [-0.05, 0) is 37.6 Å². The quantitative estimate of drug-likeness (QED) is 0.238. The number of nitrogens with zero attached hydrogens (tertiary/aromatic N) is 5. The monoisotopic (exact) mass is 433 g/mol. The van der Waals surface area contributed by atoms with Gasteiger partial charge < -0.3 is 14.7 Å². The predicted octanol–water partition coefficient (Wildman–Crippen LogP) is 3.68. The second-order valence-corrected chi connectivity index (χ2v) is 7.69. The lowest BCUT2D eigenvalue weighted by Gasteiger charge is -2.26. The number of halogens is 1. The summed E-state index contributed by atoms with van der Waals surface area (Å²) in [4.78, 5) is 11.0. The van der Waals surface area contributed by atoms with Crippen LogP contribution in [0.5, 0.6) is 0 Å². The smallest absolute Gasteiger partial charge is 0.147 e. The van der Waals surface area contributed by atoms with E-state index in [-0.39, 0.29) is 0 Å². The fraction of sp³-hybridized carbons (Fsp3) is 0.421. The molecule has 1 heterocycles. The molecule has 0 saturated carbocycles. The molecule has 0 aliphatic carbocycles. The van der Waals surface area contributed by atoms with Gasteiger partial charge in [0.2, 0.25) is 0 Å². The SMILES string of the molecule is C/C(=C(\C#N)C(=S)/N=C/N(C)C)N1CCCN(c2ccc(Br)cc2)CC1. The second kappa shape index (κ2) is 9.70. The zero-order valence-electron chi connectivity index (χ0n) is 15.4. The number of hydrogen-bond donors (Lipinski definition) is 0. The van der Waals surface area contributed by atoms with Gasteiger partial charge in [0.1, 0.15) is 16.6 Å². The van der Waals surface area contributed by atoms with Gasteiger partial charge in [0.15, 0.2) is 0 Å². The number of nitriles is 1. The van der Waals surface area contributed by atoms with Crippen LogP contribution in [0.3, 0.4) is 0 Å². The molecule has 0 atom stereocenters. The van der Waals surface area contributed by atoms with Crippen LogP contribution >= 0.6 is 28.1 Å². The Hall–Kier alpha value is -1.91. The molecule has 0 bridgehead atoms. The second-order valence-electron chi connectivity index (χ2n) is 6.39. The highest BCUT2D eigenvalue weighted by Gasteiger charge is 2.19. The normalized spacial score (nSPS) is 16.1.